The lowest BCUT2D eigenvalue weighted by molar-refractivity contribution is -0.991. The molecule has 138 valence electrons. The van der Waals surface area contributed by atoms with Gasteiger partial charge in [-0.1, -0.05) is 36.0 Å². The van der Waals surface area contributed by atoms with Crippen molar-refractivity contribution in [3.8, 4) is 0 Å². The van der Waals surface area contributed by atoms with Gasteiger partial charge in [-0.2, -0.15) is 5.23 Å². The van der Waals surface area contributed by atoms with Gasteiger partial charge in [0.1, 0.15) is 5.94 Å². The predicted molar refractivity (Wildman–Crippen MR) is 99.3 cm³/mol. The van der Waals surface area contributed by atoms with Crippen molar-refractivity contribution in [2.75, 3.05) is 5.94 Å². The van der Waals surface area contributed by atoms with Crippen LogP contribution in [0.3, 0.4) is 0 Å². The molecule has 0 aromatic heterocycles. The van der Waals surface area contributed by atoms with Gasteiger partial charge in [-0.15, -0.1) is 0 Å². The third kappa shape index (κ3) is 6.49. The molecule has 0 spiro atoms. The molecular formula is C18H20N2O5S. The minimum Gasteiger partial charge on any atom is -0.595 e. The summed E-state index contributed by atoms with van der Waals surface area (Å²) in [5.74, 6) is 0.104. The van der Waals surface area contributed by atoms with Gasteiger partial charge in [-0.25, -0.2) is 10.0 Å². The Morgan fingerprint density at radius 1 is 1.31 bits per heavy atom. The third-order valence-electron chi connectivity index (χ3n) is 3.07. The fourth-order valence-electron chi connectivity index (χ4n) is 1.95. The fourth-order valence-corrected chi connectivity index (χ4v) is 2.68. The first-order chi connectivity index (χ1) is 12.5. The molecule has 1 unspecified atom stereocenters. The number of nitrogens with one attached hydrogen (secondary N) is 1. The molecule has 0 aliphatic carbocycles. The lowest BCUT2D eigenvalue weighted by Gasteiger charge is -2.11. The zero-order valence-corrected chi connectivity index (χ0v) is 15.2. The maximum atomic E-state index is 11.4. The Labute approximate surface area is 155 Å². The molecule has 0 bridgehead atoms. The van der Waals surface area contributed by atoms with E-state index in [2.05, 4.69) is 4.99 Å². The van der Waals surface area contributed by atoms with Crippen LogP contribution < -0.4 is 5.23 Å². The number of benzene rings is 2. The van der Waals surface area contributed by atoms with Gasteiger partial charge in [0.25, 0.3) is 0 Å². The molecule has 7 nitrogen and oxygen atoms in total. The van der Waals surface area contributed by atoms with Gasteiger partial charge in [0.15, 0.2) is 5.69 Å². The van der Waals surface area contributed by atoms with Gasteiger partial charge in [-0.05, 0) is 31.5 Å². The van der Waals surface area contributed by atoms with E-state index in [0.717, 1.165) is 4.90 Å². The number of ether oxygens (including phenoxy) is 2. The molecule has 0 saturated carbocycles. The van der Waals surface area contributed by atoms with Crippen molar-refractivity contribution >= 4 is 35.5 Å². The van der Waals surface area contributed by atoms with Crippen LogP contribution in [0.1, 0.15) is 19.4 Å². The van der Waals surface area contributed by atoms with Crippen molar-refractivity contribution < 1.29 is 24.7 Å². The minimum atomic E-state index is -0.985. The summed E-state index contributed by atoms with van der Waals surface area (Å²) in [5.41, 5.74) is 1.58. The third-order valence-corrected chi connectivity index (χ3v) is 3.97. The number of thioether (sulfide) groups is 1. The SMILES string of the molecule is CC(C)OC(=O)OCSc1ccccc1N=Cc1cccc([NH+]([O-])O)c1. The Bertz CT molecular complexity index is 765. The zero-order valence-electron chi connectivity index (χ0n) is 14.4. The summed E-state index contributed by atoms with van der Waals surface area (Å²) >= 11 is 1.31. The molecule has 0 amide bonds. The standard InChI is InChI=1S/C18H20N2O5S/c1-13(2)25-18(21)24-12-26-17-9-4-3-8-16(17)19-11-14-6-5-7-15(10-14)20(22)23/h3-11,13,20,22H,12H2,1-2H3. The van der Waals surface area contributed by atoms with Gasteiger partial charge in [0.05, 0.1) is 11.8 Å². The average Bonchev–Trinajstić information content (AvgIpc) is 2.60. The van der Waals surface area contributed by atoms with Gasteiger partial charge in [0.2, 0.25) is 0 Å². The summed E-state index contributed by atoms with van der Waals surface area (Å²) < 4.78 is 9.90. The second kappa shape index (κ2) is 9.93. The molecule has 0 saturated heterocycles. The summed E-state index contributed by atoms with van der Waals surface area (Å²) in [6.45, 7) is 3.50. The Hall–Kier alpha value is -2.39. The van der Waals surface area contributed by atoms with Crippen molar-refractivity contribution in [2.24, 2.45) is 4.99 Å². The summed E-state index contributed by atoms with van der Waals surface area (Å²) in [7, 11) is 0. The highest BCUT2D eigenvalue weighted by Crippen LogP contribution is 2.29. The first-order valence-corrected chi connectivity index (χ1v) is 8.87. The molecule has 8 heteroatoms. The van der Waals surface area contributed by atoms with E-state index in [9.17, 15) is 10.0 Å². The van der Waals surface area contributed by atoms with Gasteiger partial charge in [-0.3, -0.25) is 4.99 Å². The van der Waals surface area contributed by atoms with E-state index >= 15 is 0 Å². The summed E-state index contributed by atoms with van der Waals surface area (Å²) in [6, 6.07) is 13.9. The quantitative estimate of drug-likeness (QED) is 0.253. The average molecular weight is 376 g/mol. The number of carbonyl (C=O) groups excluding carboxylic acids is 1. The molecular weight excluding hydrogens is 356 g/mol. The van der Waals surface area contributed by atoms with E-state index in [1.165, 1.54) is 17.8 Å². The number of hydrogen-bond donors (Lipinski definition) is 2. The number of quaternary nitrogens is 1. The number of nitrogens with zero attached hydrogens (tertiary/aromatic N) is 1. The van der Waals surface area contributed by atoms with E-state index in [1.54, 1.807) is 38.3 Å². The Balaban J connectivity index is 2.02. The summed E-state index contributed by atoms with van der Waals surface area (Å²) in [6.07, 6.45) is 0.657. The molecule has 0 aliphatic heterocycles. The Morgan fingerprint density at radius 3 is 2.81 bits per heavy atom. The first kappa shape index (κ1) is 19.9. The fraction of sp³-hybridized carbons (Fsp3) is 0.222. The van der Waals surface area contributed by atoms with Crippen LogP contribution in [0, 0.1) is 5.21 Å². The molecule has 0 radical (unpaired) electrons. The molecule has 2 rings (SSSR count). The highest BCUT2D eigenvalue weighted by atomic mass is 32.2. The molecule has 26 heavy (non-hydrogen) atoms. The molecule has 2 aromatic rings. The van der Waals surface area contributed by atoms with Crippen LogP contribution in [0.2, 0.25) is 0 Å². The highest BCUT2D eigenvalue weighted by molar-refractivity contribution is 7.99. The van der Waals surface area contributed by atoms with Crippen LogP contribution in [-0.2, 0) is 9.47 Å². The van der Waals surface area contributed by atoms with E-state index < -0.39 is 11.4 Å². The second-order valence-corrected chi connectivity index (χ2v) is 6.44. The minimum absolute atomic E-state index is 0.104. The van der Waals surface area contributed by atoms with E-state index in [1.807, 2.05) is 24.3 Å². The topological polar surface area (TPSA) is 95.6 Å². The van der Waals surface area contributed by atoms with Crippen LogP contribution in [0.15, 0.2) is 58.4 Å². The molecule has 1 atom stereocenters. The lowest BCUT2D eigenvalue weighted by Crippen LogP contribution is -2.99. The van der Waals surface area contributed by atoms with E-state index in [-0.39, 0.29) is 17.7 Å². The van der Waals surface area contributed by atoms with Crippen molar-refractivity contribution in [2.45, 2.75) is 24.8 Å². The predicted octanol–water partition coefficient (Wildman–Crippen LogP) is 3.45. The lowest BCUT2D eigenvalue weighted by atomic mass is 10.2. The van der Waals surface area contributed by atoms with Crippen LogP contribution in [0.25, 0.3) is 0 Å². The molecule has 0 heterocycles. The van der Waals surface area contributed by atoms with Crippen molar-refractivity contribution in [1.29, 1.82) is 0 Å². The Kier molecular flexibility index (Phi) is 7.61. The van der Waals surface area contributed by atoms with Crippen LogP contribution in [0.4, 0.5) is 16.2 Å². The van der Waals surface area contributed by atoms with Gasteiger partial charge >= 0.3 is 6.16 Å². The molecule has 0 aliphatic rings. The maximum Gasteiger partial charge on any atom is 0.509 e. The van der Waals surface area contributed by atoms with E-state index in [4.69, 9.17) is 14.7 Å². The highest BCUT2D eigenvalue weighted by Gasteiger charge is 2.08. The molecule has 2 N–H and O–H groups in total. The normalized spacial score (nSPS) is 12.3. The molecule has 0 fully saturated rings. The number of carbonyl (C=O) groups is 1. The number of rotatable bonds is 7. The zero-order chi connectivity index (χ0) is 18.9. The van der Waals surface area contributed by atoms with Crippen molar-refractivity contribution in [1.82, 2.24) is 0 Å². The monoisotopic (exact) mass is 376 g/mol. The van der Waals surface area contributed by atoms with Gasteiger partial charge in [0, 0.05) is 23.2 Å². The van der Waals surface area contributed by atoms with Crippen LogP contribution in [0.5, 0.6) is 0 Å². The smallest absolute Gasteiger partial charge is 0.509 e. The van der Waals surface area contributed by atoms with Crippen molar-refractivity contribution in [3.63, 3.8) is 0 Å². The maximum absolute atomic E-state index is 11.4. The van der Waals surface area contributed by atoms with Crippen LogP contribution >= 0.6 is 11.8 Å². The Morgan fingerprint density at radius 2 is 2.08 bits per heavy atom. The van der Waals surface area contributed by atoms with E-state index in [0.29, 0.717) is 11.3 Å². The summed E-state index contributed by atoms with van der Waals surface area (Å²) in [4.78, 5) is 16.6. The second-order valence-electron chi connectivity index (χ2n) is 5.48. The van der Waals surface area contributed by atoms with Crippen LogP contribution in [-0.4, -0.2) is 29.6 Å². The van der Waals surface area contributed by atoms with Gasteiger partial charge < -0.3 is 14.7 Å². The molecule has 2 aromatic carbocycles. The summed E-state index contributed by atoms with van der Waals surface area (Å²) in [5, 5.41) is 19.1. The first-order valence-electron chi connectivity index (χ1n) is 7.88. The number of para-hydroxylation sites is 1. The number of aliphatic imine (C=N–C) groups is 1. The largest absolute Gasteiger partial charge is 0.595 e. The number of hydrogen-bond acceptors (Lipinski definition) is 7. The van der Waals surface area contributed by atoms with Crippen molar-refractivity contribution in [3.05, 3.63) is 59.3 Å².